The zero-order valence-corrected chi connectivity index (χ0v) is 13.3. The average Bonchev–Trinajstić information content (AvgIpc) is 2.99. The van der Waals surface area contributed by atoms with Crippen LogP contribution in [0.5, 0.6) is 11.5 Å². The average molecular weight is 314 g/mol. The maximum atomic E-state index is 12.4. The molecule has 6 nitrogen and oxygen atoms in total. The van der Waals surface area contributed by atoms with Crippen molar-refractivity contribution < 1.29 is 17.9 Å². The van der Waals surface area contributed by atoms with E-state index >= 15 is 0 Å². The third kappa shape index (κ3) is 4.09. The lowest BCUT2D eigenvalue weighted by molar-refractivity contribution is 0.344. The molecule has 1 aliphatic heterocycles. The minimum Gasteiger partial charge on any atom is -0.497 e. The van der Waals surface area contributed by atoms with Crippen molar-refractivity contribution in [1.29, 1.82) is 0 Å². The summed E-state index contributed by atoms with van der Waals surface area (Å²) in [7, 11) is -0.661. The number of rotatable bonds is 7. The van der Waals surface area contributed by atoms with Gasteiger partial charge in [-0.05, 0) is 38.1 Å². The van der Waals surface area contributed by atoms with Gasteiger partial charge < -0.3 is 14.4 Å². The van der Waals surface area contributed by atoms with E-state index in [0.717, 1.165) is 19.6 Å². The Hall–Kier alpha value is -1.31. The Labute approximate surface area is 126 Å². The van der Waals surface area contributed by atoms with Gasteiger partial charge in [-0.2, -0.15) is 0 Å². The van der Waals surface area contributed by atoms with Gasteiger partial charge >= 0.3 is 0 Å². The lowest BCUT2D eigenvalue weighted by Crippen LogP contribution is -2.33. The number of likely N-dealkylation sites (tertiary alicyclic amines) is 1. The number of hydrogen-bond acceptors (Lipinski definition) is 5. The fraction of sp³-hybridized carbons (Fsp3) is 0.571. The standard InChI is InChI=1S/C14H22N2O4S/c1-19-12-5-6-13(20-2)14(11-12)21(17,18)15-7-10-16-8-3-4-9-16/h5-6,11,15H,3-4,7-10H2,1-2H3. The van der Waals surface area contributed by atoms with Crippen molar-refractivity contribution in [2.45, 2.75) is 17.7 Å². The second-order valence-electron chi connectivity index (χ2n) is 4.96. The SMILES string of the molecule is COc1ccc(OC)c(S(=O)(=O)NCCN2CCCC2)c1. The summed E-state index contributed by atoms with van der Waals surface area (Å²) in [6.45, 7) is 3.21. The normalized spacial score (nSPS) is 16.1. The Morgan fingerprint density at radius 1 is 1.19 bits per heavy atom. The predicted molar refractivity (Wildman–Crippen MR) is 80.4 cm³/mol. The quantitative estimate of drug-likeness (QED) is 0.815. The van der Waals surface area contributed by atoms with E-state index < -0.39 is 10.0 Å². The van der Waals surface area contributed by atoms with Crippen LogP contribution in [-0.4, -0.2) is 53.7 Å². The number of hydrogen-bond donors (Lipinski definition) is 1. The molecule has 1 fully saturated rings. The van der Waals surface area contributed by atoms with Crippen molar-refractivity contribution in [3.8, 4) is 11.5 Å². The zero-order valence-electron chi connectivity index (χ0n) is 12.5. The molecule has 0 bridgehead atoms. The summed E-state index contributed by atoms with van der Waals surface area (Å²) in [5, 5.41) is 0. The number of methoxy groups -OCH3 is 2. The van der Waals surface area contributed by atoms with E-state index in [1.807, 2.05) is 0 Å². The van der Waals surface area contributed by atoms with Crippen LogP contribution in [0, 0.1) is 0 Å². The molecule has 0 atom stereocenters. The van der Waals surface area contributed by atoms with Gasteiger partial charge in [-0.15, -0.1) is 0 Å². The van der Waals surface area contributed by atoms with Crippen molar-refractivity contribution in [2.75, 3.05) is 40.4 Å². The summed E-state index contributed by atoms with van der Waals surface area (Å²) in [5.41, 5.74) is 0. The largest absolute Gasteiger partial charge is 0.497 e. The summed E-state index contributed by atoms with van der Waals surface area (Å²) in [6.07, 6.45) is 2.38. The van der Waals surface area contributed by atoms with Crippen LogP contribution >= 0.6 is 0 Å². The number of nitrogens with zero attached hydrogens (tertiary/aromatic N) is 1. The summed E-state index contributed by atoms with van der Waals surface area (Å²) in [4.78, 5) is 2.36. The topological polar surface area (TPSA) is 67.9 Å². The van der Waals surface area contributed by atoms with E-state index in [2.05, 4.69) is 9.62 Å². The van der Waals surface area contributed by atoms with Gasteiger partial charge in [0.1, 0.15) is 16.4 Å². The Bertz CT molecular complexity index is 568. The van der Waals surface area contributed by atoms with Crippen LogP contribution in [0.25, 0.3) is 0 Å². The van der Waals surface area contributed by atoms with Gasteiger partial charge in [0.05, 0.1) is 14.2 Å². The van der Waals surface area contributed by atoms with E-state index in [-0.39, 0.29) is 4.90 Å². The maximum absolute atomic E-state index is 12.4. The molecule has 21 heavy (non-hydrogen) atoms. The van der Waals surface area contributed by atoms with Crippen LogP contribution in [0.15, 0.2) is 23.1 Å². The number of nitrogens with one attached hydrogen (secondary N) is 1. The van der Waals surface area contributed by atoms with E-state index in [9.17, 15) is 8.42 Å². The fourth-order valence-corrected chi connectivity index (χ4v) is 3.62. The molecule has 118 valence electrons. The van der Waals surface area contributed by atoms with Crippen molar-refractivity contribution in [1.82, 2.24) is 9.62 Å². The minimum atomic E-state index is -3.61. The first-order valence-electron chi connectivity index (χ1n) is 7.01. The third-order valence-electron chi connectivity index (χ3n) is 3.58. The Kier molecular flexibility index (Phi) is 5.44. The van der Waals surface area contributed by atoms with Gasteiger partial charge in [-0.25, -0.2) is 13.1 Å². The molecule has 0 radical (unpaired) electrons. The monoisotopic (exact) mass is 314 g/mol. The minimum absolute atomic E-state index is 0.103. The number of sulfonamides is 1. The first kappa shape index (κ1) is 16.1. The number of ether oxygens (including phenoxy) is 2. The predicted octanol–water partition coefficient (Wildman–Crippen LogP) is 1.08. The molecule has 0 amide bonds. The molecule has 2 rings (SSSR count). The maximum Gasteiger partial charge on any atom is 0.244 e. The van der Waals surface area contributed by atoms with Gasteiger partial charge in [0.15, 0.2) is 0 Å². The van der Waals surface area contributed by atoms with E-state index in [1.54, 1.807) is 12.1 Å². The molecule has 0 spiro atoms. The molecule has 1 heterocycles. The van der Waals surface area contributed by atoms with Crippen LogP contribution in [0.2, 0.25) is 0 Å². The highest BCUT2D eigenvalue weighted by Crippen LogP contribution is 2.27. The highest BCUT2D eigenvalue weighted by molar-refractivity contribution is 7.89. The Morgan fingerprint density at radius 2 is 1.90 bits per heavy atom. The molecule has 7 heteroatoms. The zero-order chi connectivity index (χ0) is 15.3. The van der Waals surface area contributed by atoms with E-state index in [0.29, 0.717) is 18.0 Å². The lowest BCUT2D eigenvalue weighted by Gasteiger charge is -2.16. The molecule has 1 N–H and O–H groups in total. The van der Waals surface area contributed by atoms with Crippen LogP contribution < -0.4 is 14.2 Å². The van der Waals surface area contributed by atoms with Gasteiger partial charge in [0.25, 0.3) is 0 Å². The van der Waals surface area contributed by atoms with Crippen LogP contribution in [-0.2, 0) is 10.0 Å². The molecule has 0 saturated carbocycles. The molecule has 0 unspecified atom stereocenters. The molecular formula is C14H22N2O4S. The first-order valence-corrected chi connectivity index (χ1v) is 8.49. The Morgan fingerprint density at radius 3 is 2.52 bits per heavy atom. The molecule has 0 aliphatic carbocycles. The second-order valence-corrected chi connectivity index (χ2v) is 6.70. The van der Waals surface area contributed by atoms with Crippen molar-refractivity contribution >= 4 is 10.0 Å². The van der Waals surface area contributed by atoms with E-state index in [1.165, 1.54) is 33.1 Å². The van der Waals surface area contributed by atoms with Crippen molar-refractivity contribution in [2.24, 2.45) is 0 Å². The van der Waals surface area contributed by atoms with E-state index in [4.69, 9.17) is 9.47 Å². The van der Waals surface area contributed by atoms with Gasteiger partial charge in [0.2, 0.25) is 10.0 Å². The summed E-state index contributed by atoms with van der Waals surface area (Å²) >= 11 is 0. The van der Waals surface area contributed by atoms with Crippen molar-refractivity contribution in [3.63, 3.8) is 0 Å². The molecule has 1 aliphatic rings. The smallest absolute Gasteiger partial charge is 0.244 e. The first-order chi connectivity index (χ1) is 10.1. The molecule has 1 aromatic rings. The highest BCUT2D eigenvalue weighted by Gasteiger charge is 2.21. The van der Waals surface area contributed by atoms with Gasteiger partial charge in [-0.1, -0.05) is 0 Å². The van der Waals surface area contributed by atoms with Crippen LogP contribution in [0.4, 0.5) is 0 Å². The second kappa shape index (κ2) is 7.11. The number of benzene rings is 1. The summed E-state index contributed by atoms with van der Waals surface area (Å²) in [6, 6.07) is 4.73. The third-order valence-corrected chi connectivity index (χ3v) is 5.06. The van der Waals surface area contributed by atoms with Crippen LogP contribution in [0.3, 0.4) is 0 Å². The lowest BCUT2D eigenvalue weighted by atomic mass is 10.3. The molecule has 1 aromatic carbocycles. The highest BCUT2D eigenvalue weighted by atomic mass is 32.2. The molecule has 1 saturated heterocycles. The van der Waals surface area contributed by atoms with Crippen molar-refractivity contribution in [3.05, 3.63) is 18.2 Å². The molecule has 0 aromatic heterocycles. The summed E-state index contributed by atoms with van der Waals surface area (Å²) in [5.74, 6) is 0.792. The van der Waals surface area contributed by atoms with Crippen LogP contribution in [0.1, 0.15) is 12.8 Å². The van der Waals surface area contributed by atoms with Gasteiger partial charge in [0, 0.05) is 19.2 Å². The van der Waals surface area contributed by atoms with Gasteiger partial charge in [-0.3, -0.25) is 0 Å². The Balaban J connectivity index is 2.06. The summed E-state index contributed by atoms with van der Waals surface area (Å²) < 4.78 is 37.6. The molecular weight excluding hydrogens is 292 g/mol. The fourth-order valence-electron chi connectivity index (χ4n) is 2.42.